The Bertz CT molecular complexity index is 229. The van der Waals surface area contributed by atoms with Gasteiger partial charge in [0.1, 0.15) is 6.54 Å². The van der Waals surface area contributed by atoms with Gasteiger partial charge in [-0.05, 0) is 12.3 Å². The molecular weight excluding hydrogens is 196 g/mol. The standard InChI is InChI=1S/C10H20N2O3/c1-4-8(11)10(15)12(5-7(2)3)6-9(13)14/h7-8H,4-6,11H2,1-3H3,(H,13,14). The zero-order chi connectivity index (χ0) is 12.0. The minimum Gasteiger partial charge on any atom is -0.480 e. The number of nitrogens with two attached hydrogens (primary N) is 1. The van der Waals surface area contributed by atoms with E-state index in [9.17, 15) is 9.59 Å². The predicted octanol–water partition coefficient (Wildman–Crippen LogP) is 0.293. The maximum atomic E-state index is 11.7. The molecule has 0 aromatic heterocycles. The van der Waals surface area contributed by atoms with Crippen molar-refractivity contribution in [3.8, 4) is 0 Å². The minimum atomic E-state index is -1.01. The molecule has 0 rings (SSSR count). The zero-order valence-corrected chi connectivity index (χ0v) is 9.56. The fraction of sp³-hybridized carbons (Fsp3) is 0.800. The van der Waals surface area contributed by atoms with Gasteiger partial charge in [0.05, 0.1) is 6.04 Å². The average molecular weight is 216 g/mol. The molecule has 0 aliphatic carbocycles. The average Bonchev–Trinajstić information content (AvgIpc) is 2.13. The van der Waals surface area contributed by atoms with Crippen molar-refractivity contribution in [2.45, 2.75) is 33.2 Å². The molecule has 5 heteroatoms. The number of carbonyl (C=O) groups is 2. The van der Waals surface area contributed by atoms with Crippen molar-refractivity contribution in [2.75, 3.05) is 13.1 Å². The minimum absolute atomic E-state index is 0.234. The van der Waals surface area contributed by atoms with Crippen LogP contribution in [0.1, 0.15) is 27.2 Å². The SMILES string of the molecule is CCC(N)C(=O)N(CC(=O)O)CC(C)C. The monoisotopic (exact) mass is 216 g/mol. The third kappa shape index (κ3) is 5.37. The number of carboxylic acids is 1. The van der Waals surface area contributed by atoms with Crippen molar-refractivity contribution < 1.29 is 14.7 Å². The normalized spacial score (nSPS) is 12.6. The van der Waals surface area contributed by atoms with Gasteiger partial charge in [-0.15, -0.1) is 0 Å². The number of amides is 1. The maximum Gasteiger partial charge on any atom is 0.323 e. The van der Waals surface area contributed by atoms with Crippen LogP contribution >= 0.6 is 0 Å². The predicted molar refractivity (Wildman–Crippen MR) is 57.3 cm³/mol. The van der Waals surface area contributed by atoms with E-state index in [1.165, 1.54) is 4.90 Å². The molecule has 5 nitrogen and oxygen atoms in total. The molecule has 1 unspecified atom stereocenters. The van der Waals surface area contributed by atoms with Crippen molar-refractivity contribution in [2.24, 2.45) is 11.7 Å². The number of hydrogen-bond acceptors (Lipinski definition) is 3. The Kier molecular flexibility index (Phi) is 5.93. The summed E-state index contributed by atoms with van der Waals surface area (Å²) in [5.74, 6) is -1.06. The van der Waals surface area contributed by atoms with Crippen molar-refractivity contribution in [1.82, 2.24) is 4.90 Å². The van der Waals surface area contributed by atoms with Gasteiger partial charge in [-0.3, -0.25) is 9.59 Å². The lowest BCUT2D eigenvalue weighted by Gasteiger charge is -2.25. The summed E-state index contributed by atoms with van der Waals surface area (Å²) < 4.78 is 0. The first-order chi connectivity index (χ1) is 6.88. The number of hydrogen-bond donors (Lipinski definition) is 2. The Morgan fingerprint density at radius 1 is 1.40 bits per heavy atom. The summed E-state index contributed by atoms with van der Waals surface area (Å²) in [6, 6.07) is -0.594. The van der Waals surface area contributed by atoms with Gasteiger partial charge in [-0.2, -0.15) is 0 Å². The first kappa shape index (κ1) is 13.9. The number of nitrogens with zero attached hydrogens (tertiary/aromatic N) is 1. The van der Waals surface area contributed by atoms with Gasteiger partial charge in [0, 0.05) is 6.54 Å². The van der Waals surface area contributed by atoms with Crippen LogP contribution in [-0.2, 0) is 9.59 Å². The van der Waals surface area contributed by atoms with Gasteiger partial charge in [0.2, 0.25) is 5.91 Å². The van der Waals surface area contributed by atoms with Crippen molar-refractivity contribution in [3.63, 3.8) is 0 Å². The second-order valence-corrected chi connectivity index (χ2v) is 4.02. The Morgan fingerprint density at radius 3 is 2.27 bits per heavy atom. The van der Waals surface area contributed by atoms with E-state index < -0.39 is 12.0 Å². The molecule has 15 heavy (non-hydrogen) atoms. The van der Waals surface area contributed by atoms with Crippen LogP contribution in [0.3, 0.4) is 0 Å². The molecule has 3 N–H and O–H groups in total. The molecule has 0 saturated heterocycles. The highest BCUT2D eigenvalue weighted by Gasteiger charge is 2.22. The topological polar surface area (TPSA) is 83.6 Å². The Balaban J connectivity index is 4.47. The van der Waals surface area contributed by atoms with E-state index in [1.54, 1.807) is 6.92 Å². The molecule has 88 valence electrons. The highest BCUT2D eigenvalue weighted by molar-refractivity contribution is 5.85. The van der Waals surface area contributed by atoms with Crippen LogP contribution in [0, 0.1) is 5.92 Å². The van der Waals surface area contributed by atoms with Crippen LogP contribution in [0.15, 0.2) is 0 Å². The summed E-state index contributed by atoms with van der Waals surface area (Å²) in [6.07, 6.45) is 0.521. The van der Waals surface area contributed by atoms with E-state index in [2.05, 4.69) is 0 Å². The lowest BCUT2D eigenvalue weighted by Crippen LogP contribution is -2.46. The largest absolute Gasteiger partial charge is 0.480 e. The van der Waals surface area contributed by atoms with Crippen LogP contribution in [0.5, 0.6) is 0 Å². The van der Waals surface area contributed by atoms with Crippen LogP contribution in [0.4, 0.5) is 0 Å². The van der Waals surface area contributed by atoms with Crippen LogP contribution in [0.25, 0.3) is 0 Å². The number of rotatable bonds is 6. The third-order valence-electron chi connectivity index (χ3n) is 1.98. The Morgan fingerprint density at radius 2 is 1.93 bits per heavy atom. The third-order valence-corrected chi connectivity index (χ3v) is 1.98. The molecule has 1 atom stereocenters. The van der Waals surface area contributed by atoms with E-state index in [0.717, 1.165) is 0 Å². The van der Waals surface area contributed by atoms with Crippen LogP contribution < -0.4 is 5.73 Å². The summed E-state index contributed by atoms with van der Waals surface area (Å²) in [6.45, 7) is 5.82. The first-order valence-electron chi connectivity index (χ1n) is 5.14. The summed E-state index contributed by atoms with van der Waals surface area (Å²) in [7, 11) is 0. The molecule has 0 aromatic carbocycles. The van der Waals surface area contributed by atoms with Gasteiger partial charge < -0.3 is 15.7 Å². The molecule has 0 radical (unpaired) electrons. The van der Waals surface area contributed by atoms with E-state index >= 15 is 0 Å². The van der Waals surface area contributed by atoms with Crippen LogP contribution in [-0.4, -0.2) is 41.0 Å². The molecule has 0 spiro atoms. The summed E-state index contributed by atoms with van der Waals surface area (Å²) in [5.41, 5.74) is 5.58. The van der Waals surface area contributed by atoms with Crippen molar-refractivity contribution >= 4 is 11.9 Å². The highest BCUT2D eigenvalue weighted by atomic mass is 16.4. The summed E-state index contributed by atoms with van der Waals surface area (Å²) in [4.78, 5) is 23.6. The molecular formula is C10H20N2O3. The molecule has 1 amide bonds. The first-order valence-corrected chi connectivity index (χ1v) is 5.14. The molecule has 0 aromatic rings. The van der Waals surface area contributed by atoms with Crippen molar-refractivity contribution in [3.05, 3.63) is 0 Å². The van der Waals surface area contributed by atoms with Gasteiger partial charge in [-0.1, -0.05) is 20.8 Å². The number of carbonyl (C=O) groups excluding carboxylic acids is 1. The second-order valence-electron chi connectivity index (χ2n) is 4.02. The Hall–Kier alpha value is -1.10. The fourth-order valence-corrected chi connectivity index (χ4v) is 1.25. The molecule has 0 heterocycles. The highest BCUT2D eigenvalue weighted by Crippen LogP contribution is 2.02. The van der Waals surface area contributed by atoms with Gasteiger partial charge >= 0.3 is 5.97 Å². The molecule has 0 fully saturated rings. The van der Waals surface area contributed by atoms with Gasteiger partial charge in [0.15, 0.2) is 0 Å². The molecule has 0 bridgehead atoms. The number of aliphatic carboxylic acids is 1. The fourth-order valence-electron chi connectivity index (χ4n) is 1.25. The molecule has 0 aliphatic rings. The van der Waals surface area contributed by atoms with Crippen LogP contribution in [0.2, 0.25) is 0 Å². The summed E-state index contributed by atoms with van der Waals surface area (Å²) in [5, 5.41) is 8.67. The zero-order valence-electron chi connectivity index (χ0n) is 9.56. The van der Waals surface area contributed by atoms with E-state index in [0.29, 0.717) is 13.0 Å². The van der Waals surface area contributed by atoms with E-state index in [-0.39, 0.29) is 18.4 Å². The lowest BCUT2D eigenvalue weighted by molar-refractivity contribution is -0.145. The summed E-state index contributed by atoms with van der Waals surface area (Å²) >= 11 is 0. The second kappa shape index (κ2) is 6.40. The van der Waals surface area contributed by atoms with Gasteiger partial charge in [0.25, 0.3) is 0 Å². The smallest absolute Gasteiger partial charge is 0.323 e. The Labute approximate surface area is 90.2 Å². The molecule has 0 aliphatic heterocycles. The van der Waals surface area contributed by atoms with Crippen molar-refractivity contribution in [1.29, 1.82) is 0 Å². The number of carboxylic acid groups (broad SMARTS) is 1. The van der Waals surface area contributed by atoms with E-state index in [4.69, 9.17) is 10.8 Å². The quantitative estimate of drug-likeness (QED) is 0.668. The molecule has 0 saturated carbocycles. The maximum absolute atomic E-state index is 11.7. The lowest BCUT2D eigenvalue weighted by atomic mass is 10.1. The van der Waals surface area contributed by atoms with Gasteiger partial charge in [-0.25, -0.2) is 0 Å². The van der Waals surface area contributed by atoms with E-state index in [1.807, 2.05) is 13.8 Å².